The van der Waals surface area contributed by atoms with Gasteiger partial charge in [0.05, 0.1) is 19.0 Å². The molecule has 6 heteroatoms. The first-order valence-corrected chi connectivity index (χ1v) is 8.12. The van der Waals surface area contributed by atoms with Gasteiger partial charge in [-0.3, -0.25) is 4.90 Å². The molecule has 1 fully saturated rings. The molecule has 0 aliphatic carbocycles. The third-order valence-corrected chi connectivity index (χ3v) is 4.35. The van der Waals surface area contributed by atoms with Crippen molar-refractivity contribution < 1.29 is 4.74 Å². The fourth-order valence-electron chi connectivity index (χ4n) is 3.03. The molecule has 1 aromatic heterocycles. The lowest BCUT2D eigenvalue weighted by Crippen LogP contribution is -2.35. The van der Waals surface area contributed by atoms with Gasteiger partial charge in [0.2, 0.25) is 5.95 Å². The molecule has 0 saturated carbocycles. The van der Waals surface area contributed by atoms with Gasteiger partial charge in [0.25, 0.3) is 0 Å². The number of ether oxygens (including phenoxy) is 1. The van der Waals surface area contributed by atoms with Crippen LogP contribution in [-0.4, -0.2) is 52.9 Å². The molecule has 23 heavy (non-hydrogen) atoms. The number of benzene rings is 1. The molecule has 3 rings (SSSR count). The SMILES string of the molecule is CCN1CCCC1CNc1nncc(-c2ccc(OC)cc2)n1. The van der Waals surface area contributed by atoms with Crippen LogP contribution in [-0.2, 0) is 0 Å². The van der Waals surface area contributed by atoms with E-state index in [2.05, 4.69) is 32.3 Å². The maximum atomic E-state index is 5.18. The molecule has 1 aliphatic rings. The summed E-state index contributed by atoms with van der Waals surface area (Å²) in [6.07, 6.45) is 4.18. The van der Waals surface area contributed by atoms with E-state index in [9.17, 15) is 0 Å². The van der Waals surface area contributed by atoms with E-state index in [4.69, 9.17) is 4.74 Å². The minimum absolute atomic E-state index is 0.563. The van der Waals surface area contributed by atoms with Gasteiger partial charge < -0.3 is 10.1 Å². The lowest BCUT2D eigenvalue weighted by Gasteiger charge is -2.22. The van der Waals surface area contributed by atoms with Crippen molar-refractivity contribution in [3.8, 4) is 17.0 Å². The number of hydrogen-bond donors (Lipinski definition) is 1. The van der Waals surface area contributed by atoms with Crippen LogP contribution in [0, 0.1) is 0 Å². The second kappa shape index (κ2) is 7.37. The van der Waals surface area contributed by atoms with E-state index in [1.54, 1.807) is 13.3 Å². The normalized spacial score (nSPS) is 18.1. The van der Waals surface area contributed by atoms with E-state index < -0.39 is 0 Å². The average Bonchev–Trinajstić information content (AvgIpc) is 3.08. The molecule has 2 aromatic rings. The highest BCUT2D eigenvalue weighted by Gasteiger charge is 2.22. The molecular weight excluding hydrogens is 290 g/mol. The first kappa shape index (κ1) is 15.7. The maximum Gasteiger partial charge on any atom is 0.243 e. The third kappa shape index (κ3) is 3.76. The van der Waals surface area contributed by atoms with Gasteiger partial charge in [0.1, 0.15) is 5.75 Å². The Morgan fingerprint density at radius 3 is 2.87 bits per heavy atom. The fourth-order valence-corrected chi connectivity index (χ4v) is 3.03. The van der Waals surface area contributed by atoms with Crippen molar-refractivity contribution in [3.63, 3.8) is 0 Å². The van der Waals surface area contributed by atoms with Crippen molar-refractivity contribution in [2.45, 2.75) is 25.8 Å². The minimum Gasteiger partial charge on any atom is -0.497 e. The summed E-state index contributed by atoms with van der Waals surface area (Å²) in [6.45, 7) is 5.35. The van der Waals surface area contributed by atoms with Crippen LogP contribution in [0.15, 0.2) is 30.5 Å². The lowest BCUT2D eigenvalue weighted by molar-refractivity contribution is 0.276. The van der Waals surface area contributed by atoms with Crippen LogP contribution in [0.1, 0.15) is 19.8 Å². The molecule has 1 saturated heterocycles. The predicted molar refractivity (Wildman–Crippen MR) is 90.6 cm³/mol. The van der Waals surface area contributed by atoms with E-state index in [1.165, 1.54) is 19.4 Å². The largest absolute Gasteiger partial charge is 0.497 e. The van der Waals surface area contributed by atoms with Crippen LogP contribution in [0.3, 0.4) is 0 Å². The number of likely N-dealkylation sites (N-methyl/N-ethyl adjacent to an activating group) is 1. The summed E-state index contributed by atoms with van der Waals surface area (Å²) in [5, 5.41) is 11.5. The quantitative estimate of drug-likeness (QED) is 0.884. The van der Waals surface area contributed by atoms with Gasteiger partial charge in [-0.05, 0) is 50.2 Å². The van der Waals surface area contributed by atoms with E-state index in [1.807, 2.05) is 24.3 Å². The predicted octanol–water partition coefficient (Wildman–Crippen LogP) is 2.44. The zero-order valence-corrected chi connectivity index (χ0v) is 13.7. The highest BCUT2D eigenvalue weighted by molar-refractivity contribution is 5.60. The van der Waals surface area contributed by atoms with Crippen LogP contribution < -0.4 is 10.1 Å². The van der Waals surface area contributed by atoms with Crippen molar-refractivity contribution >= 4 is 5.95 Å². The highest BCUT2D eigenvalue weighted by Crippen LogP contribution is 2.21. The fraction of sp³-hybridized carbons (Fsp3) is 0.471. The number of nitrogens with zero attached hydrogens (tertiary/aromatic N) is 4. The Hall–Kier alpha value is -2.21. The second-order valence-corrected chi connectivity index (χ2v) is 5.70. The summed E-state index contributed by atoms with van der Waals surface area (Å²) in [5.41, 5.74) is 1.81. The minimum atomic E-state index is 0.563. The summed E-state index contributed by atoms with van der Waals surface area (Å²) in [6, 6.07) is 8.35. The van der Waals surface area contributed by atoms with Crippen LogP contribution >= 0.6 is 0 Å². The van der Waals surface area contributed by atoms with Crippen molar-refractivity contribution in [2.24, 2.45) is 0 Å². The Balaban J connectivity index is 1.67. The van der Waals surface area contributed by atoms with Crippen molar-refractivity contribution in [1.82, 2.24) is 20.1 Å². The topological polar surface area (TPSA) is 63.2 Å². The molecule has 6 nitrogen and oxygen atoms in total. The maximum absolute atomic E-state index is 5.18. The summed E-state index contributed by atoms with van der Waals surface area (Å²) >= 11 is 0. The monoisotopic (exact) mass is 313 g/mol. The molecule has 0 bridgehead atoms. The van der Waals surface area contributed by atoms with Crippen LogP contribution in [0.2, 0.25) is 0 Å². The molecule has 1 aliphatic heterocycles. The van der Waals surface area contributed by atoms with E-state index in [0.29, 0.717) is 12.0 Å². The van der Waals surface area contributed by atoms with Gasteiger partial charge in [0, 0.05) is 18.2 Å². The van der Waals surface area contributed by atoms with Gasteiger partial charge >= 0.3 is 0 Å². The smallest absolute Gasteiger partial charge is 0.243 e. The molecule has 0 spiro atoms. The summed E-state index contributed by atoms with van der Waals surface area (Å²) in [5.74, 6) is 1.41. The van der Waals surface area contributed by atoms with Crippen molar-refractivity contribution in [2.75, 3.05) is 32.1 Å². The first-order chi connectivity index (χ1) is 11.3. The van der Waals surface area contributed by atoms with Crippen molar-refractivity contribution in [3.05, 3.63) is 30.5 Å². The van der Waals surface area contributed by atoms with Gasteiger partial charge in [-0.1, -0.05) is 6.92 Å². The first-order valence-electron chi connectivity index (χ1n) is 8.12. The van der Waals surface area contributed by atoms with E-state index in [0.717, 1.165) is 30.1 Å². The molecule has 1 atom stereocenters. The highest BCUT2D eigenvalue weighted by atomic mass is 16.5. The zero-order chi connectivity index (χ0) is 16.1. The number of anilines is 1. The van der Waals surface area contributed by atoms with Crippen LogP contribution in [0.5, 0.6) is 5.75 Å². The van der Waals surface area contributed by atoms with E-state index in [-0.39, 0.29) is 0 Å². The molecule has 0 radical (unpaired) electrons. The molecule has 2 heterocycles. The number of hydrogen-bond acceptors (Lipinski definition) is 6. The average molecular weight is 313 g/mol. The Kier molecular flexibility index (Phi) is 5.02. The molecular formula is C17H23N5O. The molecule has 0 amide bonds. The number of nitrogens with one attached hydrogen (secondary N) is 1. The summed E-state index contributed by atoms with van der Waals surface area (Å²) in [7, 11) is 1.66. The van der Waals surface area contributed by atoms with Crippen molar-refractivity contribution in [1.29, 1.82) is 0 Å². The second-order valence-electron chi connectivity index (χ2n) is 5.70. The number of methoxy groups -OCH3 is 1. The summed E-state index contributed by atoms with van der Waals surface area (Å²) < 4.78 is 5.18. The van der Waals surface area contributed by atoms with E-state index >= 15 is 0 Å². The van der Waals surface area contributed by atoms with Gasteiger partial charge in [0.15, 0.2) is 0 Å². The number of likely N-dealkylation sites (tertiary alicyclic amines) is 1. The molecule has 1 aromatic carbocycles. The molecule has 1 N–H and O–H groups in total. The van der Waals surface area contributed by atoms with Gasteiger partial charge in [-0.2, -0.15) is 5.10 Å². The molecule has 122 valence electrons. The Morgan fingerprint density at radius 2 is 2.13 bits per heavy atom. The van der Waals surface area contributed by atoms with Gasteiger partial charge in [-0.15, -0.1) is 5.10 Å². The number of rotatable bonds is 6. The Labute approximate surface area is 136 Å². The third-order valence-electron chi connectivity index (χ3n) is 4.35. The lowest BCUT2D eigenvalue weighted by atomic mass is 10.1. The Morgan fingerprint density at radius 1 is 1.30 bits per heavy atom. The van der Waals surface area contributed by atoms with Crippen LogP contribution in [0.25, 0.3) is 11.3 Å². The molecule has 1 unspecified atom stereocenters. The zero-order valence-electron chi connectivity index (χ0n) is 13.7. The number of aromatic nitrogens is 3. The standard InChI is InChI=1S/C17H23N5O/c1-3-22-10-4-5-14(22)11-18-17-20-16(12-19-21-17)13-6-8-15(23-2)9-7-13/h6-9,12,14H,3-5,10-11H2,1-2H3,(H,18,20,21). The van der Waals surface area contributed by atoms with Crippen LogP contribution in [0.4, 0.5) is 5.95 Å². The summed E-state index contributed by atoms with van der Waals surface area (Å²) in [4.78, 5) is 7.06. The Bertz CT molecular complexity index is 631. The van der Waals surface area contributed by atoms with Gasteiger partial charge in [-0.25, -0.2) is 4.98 Å².